The monoisotopic (exact) mass is 330 g/mol. The van der Waals surface area contributed by atoms with Crippen molar-refractivity contribution in [3.05, 3.63) is 34.8 Å². The third kappa shape index (κ3) is 3.69. The van der Waals surface area contributed by atoms with E-state index in [0.717, 1.165) is 0 Å². The van der Waals surface area contributed by atoms with E-state index in [1.807, 2.05) is 0 Å². The molecule has 0 fully saturated rings. The number of alkyl halides is 5. The van der Waals surface area contributed by atoms with Crippen molar-refractivity contribution in [2.75, 3.05) is 6.61 Å². The van der Waals surface area contributed by atoms with Gasteiger partial charge in [-0.15, -0.1) is 0 Å². The zero-order valence-electron chi connectivity index (χ0n) is 8.90. The van der Waals surface area contributed by atoms with Crippen molar-refractivity contribution < 1.29 is 26.7 Å². The molecule has 0 aliphatic rings. The van der Waals surface area contributed by atoms with E-state index in [-0.39, 0.29) is 5.75 Å². The van der Waals surface area contributed by atoms with Crippen LogP contribution in [0, 0.1) is 0 Å². The molecule has 1 nitrogen and oxygen atoms in total. The highest BCUT2D eigenvalue weighted by molar-refractivity contribution is 9.10. The molecule has 0 heterocycles. The molecule has 0 aromatic heterocycles. The molecule has 0 N–H and O–H groups in total. The van der Waals surface area contributed by atoms with Crippen molar-refractivity contribution in [3.8, 4) is 5.75 Å². The number of rotatable bonds is 4. The highest BCUT2D eigenvalue weighted by Crippen LogP contribution is 2.36. The molecule has 100 valence electrons. The Morgan fingerprint density at radius 1 is 1.17 bits per heavy atom. The first kappa shape index (κ1) is 14.9. The molecule has 0 aliphatic heterocycles. The van der Waals surface area contributed by atoms with Gasteiger partial charge < -0.3 is 4.74 Å². The van der Waals surface area contributed by atoms with Crippen LogP contribution in [0.2, 0.25) is 0 Å². The zero-order chi connectivity index (χ0) is 14.0. The summed E-state index contributed by atoms with van der Waals surface area (Å²) in [6.45, 7) is 1.70. The molecule has 0 spiro atoms. The first-order valence-corrected chi connectivity index (χ1v) is 5.45. The van der Waals surface area contributed by atoms with Gasteiger partial charge in [-0.25, -0.2) is 0 Å². The Bertz CT molecular complexity index is 442. The maximum Gasteiger partial charge on any atom is 0.456 e. The Labute approximate surface area is 108 Å². The lowest BCUT2D eigenvalue weighted by Gasteiger charge is -2.20. The lowest BCUT2D eigenvalue weighted by atomic mass is 10.2. The van der Waals surface area contributed by atoms with Gasteiger partial charge in [0, 0.05) is 4.47 Å². The van der Waals surface area contributed by atoms with Crippen LogP contribution in [0.15, 0.2) is 29.3 Å². The minimum atomic E-state index is -5.62. The Hall–Kier alpha value is -1.11. The summed E-state index contributed by atoms with van der Waals surface area (Å²) in [5, 5.41) is 0. The van der Waals surface area contributed by atoms with E-state index in [1.165, 1.54) is 18.2 Å². The van der Waals surface area contributed by atoms with Crippen LogP contribution in [0.1, 0.15) is 5.56 Å². The van der Waals surface area contributed by atoms with Gasteiger partial charge in [0.25, 0.3) is 0 Å². The average molecular weight is 331 g/mol. The fourth-order valence-corrected chi connectivity index (χ4v) is 1.53. The van der Waals surface area contributed by atoms with Crippen LogP contribution < -0.4 is 4.74 Å². The quantitative estimate of drug-likeness (QED) is 0.729. The van der Waals surface area contributed by atoms with E-state index in [4.69, 9.17) is 0 Å². The van der Waals surface area contributed by atoms with Crippen molar-refractivity contribution in [2.45, 2.75) is 12.1 Å². The second-order valence-corrected chi connectivity index (χ2v) is 4.33. The minimum absolute atomic E-state index is 0.0943. The van der Waals surface area contributed by atoms with Gasteiger partial charge in [0.15, 0.2) is 6.61 Å². The third-order valence-electron chi connectivity index (χ3n) is 1.96. The zero-order valence-corrected chi connectivity index (χ0v) is 10.5. The molecule has 1 aromatic rings. The Balaban J connectivity index is 2.81. The molecular weight excluding hydrogens is 323 g/mol. The second kappa shape index (κ2) is 5.26. The first-order valence-electron chi connectivity index (χ1n) is 4.66. The first-order chi connectivity index (χ1) is 8.15. The molecule has 0 aliphatic carbocycles. The van der Waals surface area contributed by atoms with Gasteiger partial charge in [-0.3, -0.25) is 0 Å². The molecule has 7 heteroatoms. The van der Waals surface area contributed by atoms with Crippen LogP contribution in [0.5, 0.6) is 5.75 Å². The summed E-state index contributed by atoms with van der Waals surface area (Å²) in [4.78, 5) is 0. The molecule has 18 heavy (non-hydrogen) atoms. The largest absolute Gasteiger partial charge is 0.487 e. The summed E-state index contributed by atoms with van der Waals surface area (Å²) in [5.41, 5.74) is 0.537. The molecule has 0 amide bonds. The smallest absolute Gasteiger partial charge is 0.456 e. The van der Waals surface area contributed by atoms with E-state index in [0.29, 0.717) is 10.0 Å². The van der Waals surface area contributed by atoms with E-state index in [2.05, 4.69) is 27.2 Å². The summed E-state index contributed by atoms with van der Waals surface area (Å²) in [6, 6.07) is 4.21. The second-order valence-electron chi connectivity index (χ2n) is 3.42. The molecule has 0 bridgehead atoms. The molecule has 0 atom stereocenters. The number of benzene rings is 1. The standard InChI is InChI=1S/C11H8BrF5O/c1-2-7-3-8(12)5-9(4-7)18-6-10(13,14)11(15,16)17/h2-5H,1,6H2. The molecular formula is C11H8BrF5O. The minimum Gasteiger partial charge on any atom is -0.487 e. The van der Waals surface area contributed by atoms with Gasteiger partial charge in [0.1, 0.15) is 5.75 Å². The lowest BCUT2D eigenvalue weighted by Crippen LogP contribution is -2.41. The lowest BCUT2D eigenvalue weighted by molar-refractivity contribution is -0.290. The predicted molar refractivity (Wildman–Crippen MR) is 60.7 cm³/mol. The van der Waals surface area contributed by atoms with Crippen LogP contribution >= 0.6 is 15.9 Å². The molecule has 0 unspecified atom stereocenters. The SMILES string of the molecule is C=Cc1cc(Br)cc(OCC(F)(F)C(F)(F)F)c1. The van der Waals surface area contributed by atoms with Crippen molar-refractivity contribution in [2.24, 2.45) is 0 Å². The topological polar surface area (TPSA) is 9.23 Å². The number of hydrogen-bond donors (Lipinski definition) is 0. The van der Waals surface area contributed by atoms with Gasteiger partial charge in [0.2, 0.25) is 0 Å². The maximum absolute atomic E-state index is 12.6. The van der Waals surface area contributed by atoms with E-state index < -0.39 is 18.7 Å². The number of hydrogen-bond acceptors (Lipinski definition) is 1. The predicted octanol–water partition coefficient (Wildman–Crippen LogP) is 4.67. The molecule has 0 saturated heterocycles. The van der Waals surface area contributed by atoms with Gasteiger partial charge in [0.05, 0.1) is 0 Å². The fraction of sp³-hybridized carbons (Fsp3) is 0.273. The Kier molecular flexibility index (Phi) is 4.37. The summed E-state index contributed by atoms with van der Waals surface area (Å²) >= 11 is 3.08. The van der Waals surface area contributed by atoms with Crippen LogP contribution in [0.4, 0.5) is 22.0 Å². The van der Waals surface area contributed by atoms with Crippen LogP contribution in [0.25, 0.3) is 6.08 Å². The third-order valence-corrected chi connectivity index (χ3v) is 2.42. The average Bonchev–Trinajstić information content (AvgIpc) is 2.24. The van der Waals surface area contributed by atoms with E-state index >= 15 is 0 Å². The molecule has 1 rings (SSSR count). The highest BCUT2D eigenvalue weighted by atomic mass is 79.9. The van der Waals surface area contributed by atoms with Crippen molar-refractivity contribution in [1.82, 2.24) is 0 Å². The Morgan fingerprint density at radius 2 is 1.78 bits per heavy atom. The summed E-state index contributed by atoms with van der Waals surface area (Å²) in [7, 11) is 0. The summed E-state index contributed by atoms with van der Waals surface area (Å²) in [5.74, 6) is -4.98. The fourth-order valence-electron chi connectivity index (χ4n) is 1.04. The van der Waals surface area contributed by atoms with Crippen LogP contribution in [-0.2, 0) is 0 Å². The van der Waals surface area contributed by atoms with Crippen LogP contribution in [-0.4, -0.2) is 18.7 Å². The van der Waals surface area contributed by atoms with Gasteiger partial charge >= 0.3 is 12.1 Å². The molecule has 0 saturated carbocycles. The van der Waals surface area contributed by atoms with Crippen molar-refractivity contribution >= 4 is 22.0 Å². The number of ether oxygens (including phenoxy) is 1. The van der Waals surface area contributed by atoms with Crippen molar-refractivity contribution in [3.63, 3.8) is 0 Å². The molecule has 1 aromatic carbocycles. The van der Waals surface area contributed by atoms with Crippen molar-refractivity contribution in [1.29, 1.82) is 0 Å². The normalized spacial score (nSPS) is 12.3. The summed E-state index contributed by atoms with van der Waals surface area (Å²) < 4.78 is 65.9. The maximum atomic E-state index is 12.6. The molecule has 0 radical (unpaired) electrons. The number of halogens is 6. The van der Waals surface area contributed by atoms with Gasteiger partial charge in [-0.1, -0.05) is 28.6 Å². The van der Waals surface area contributed by atoms with Gasteiger partial charge in [-0.2, -0.15) is 22.0 Å². The van der Waals surface area contributed by atoms with E-state index in [1.54, 1.807) is 6.07 Å². The van der Waals surface area contributed by atoms with Gasteiger partial charge in [-0.05, 0) is 23.8 Å². The Morgan fingerprint density at radius 3 is 2.28 bits per heavy atom. The summed E-state index contributed by atoms with van der Waals surface area (Å²) in [6.07, 6.45) is -4.21. The highest BCUT2D eigenvalue weighted by Gasteiger charge is 2.58. The van der Waals surface area contributed by atoms with Crippen LogP contribution in [0.3, 0.4) is 0 Å². The van der Waals surface area contributed by atoms with E-state index in [9.17, 15) is 22.0 Å².